The molecule has 20 heavy (non-hydrogen) atoms. The van der Waals surface area contributed by atoms with Gasteiger partial charge in [0.05, 0.1) is 6.10 Å². The first kappa shape index (κ1) is 14.3. The molecule has 9 heteroatoms. The first-order chi connectivity index (χ1) is 9.56. The Hall–Kier alpha value is -2.16. The van der Waals surface area contributed by atoms with Crippen LogP contribution < -0.4 is 4.74 Å². The molecule has 0 fully saturated rings. The number of carbonyl (C=O) groups is 1. The minimum Gasteiger partial charge on any atom is -0.488 e. The van der Waals surface area contributed by atoms with E-state index in [1.807, 2.05) is 13.8 Å². The van der Waals surface area contributed by atoms with Crippen LogP contribution in [-0.4, -0.2) is 42.4 Å². The van der Waals surface area contributed by atoms with E-state index in [2.05, 4.69) is 20.5 Å². The second-order valence-corrected chi connectivity index (χ2v) is 5.04. The van der Waals surface area contributed by atoms with Gasteiger partial charge in [0, 0.05) is 6.20 Å². The van der Waals surface area contributed by atoms with Crippen LogP contribution in [0.25, 0.3) is 0 Å². The third kappa shape index (κ3) is 3.67. The van der Waals surface area contributed by atoms with Crippen LogP contribution in [0, 0.1) is 0 Å². The van der Waals surface area contributed by atoms with Gasteiger partial charge in [-0.2, -0.15) is 0 Å². The van der Waals surface area contributed by atoms with Gasteiger partial charge in [0.2, 0.25) is 5.16 Å². The van der Waals surface area contributed by atoms with Crippen molar-refractivity contribution < 1.29 is 14.6 Å². The Kier molecular flexibility index (Phi) is 4.51. The summed E-state index contributed by atoms with van der Waals surface area (Å²) in [5.74, 6) is -0.406. The zero-order valence-corrected chi connectivity index (χ0v) is 11.7. The van der Waals surface area contributed by atoms with E-state index in [1.165, 1.54) is 4.68 Å². The number of hydrogen-bond acceptors (Lipinski definition) is 7. The molecule has 2 aromatic rings. The number of carboxylic acid groups (broad SMARTS) is 1. The first-order valence-corrected chi connectivity index (χ1v) is 6.65. The van der Waals surface area contributed by atoms with Crippen molar-refractivity contribution in [3.63, 3.8) is 0 Å². The second kappa shape index (κ2) is 6.33. The van der Waals surface area contributed by atoms with Crippen molar-refractivity contribution in [2.75, 3.05) is 0 Å². The lowest BCUT2D eigenvalue weighted by atomic mass is 10.4. The lowest BCUT2D eigenvalue weighted by Crippen LogP contribution is -2.11. The van der Waals surface area contributed by atoms with E-state index >= 15 is 0 Å². The van der Waals surface area contributed by atoms with Gasteiger partial charge in [-0.15, -0.1) is 5.10 Å². The van der Waals surface area contributed by atoms with Crippen LogP contribution in [0.1, 0.15) is 13.8 Å². The van der Waals surface area contributed by atoms with Gasteiger partial charge in [0.25, 0.3) is 0 Å². The average molecular weight is 295 g/mol. The van der Waals surface area contributed by atoms with Crippen LogP contribution >= 0.6 is 11.8 Å². The molecule has 0 unspecified atom stereocenters. The maximum Gasteiger partial charge on any atom is 0.325 e. The van der Waals surface area contributed by atoms with Crippen molar-refractivity contribution in [1.29, 1.82) is 0 Å². The molecule has 1 N–H and O–H groups in total. The van der Waals surface area contributed by atoms with E-state index in [9.17, 15) is 4.79 Å². The number of rotatable bonds is 6. The summed E-state index contributed by atoms with van der Waals surface area (Å²) in [4.78, 5) is 14.9. The van der Waals surface area contributed by atoms with Gasteiger partial charge in [-0.3, -0.25) is 4.79 Å². The van der Waals surface area contributed by atoms with Crippen LogP contribution in [0.4, 0.5) is 0 Å². The molecule has 0 aromatic carbocycles. The number of carboxylic acids is 1. The summed E-state index contributed by atoms with van der Waals surface area (Å²) in [7, 11) is 0. The highest BCUT2D eigenvalue weighted by atomic mass is 32.2. The van der Waals surface area contributed by atoms with Gasteiger partial charge in [0.15, 0.2) is 5.75 Å². The van der Waals surface area contributed by atoms with Gasteiger partial charge in [0.1, 0.15) is 11.6 Å². The summed E-state index contributed by atoms with van der Waals surface area (Å²) in [6.07, 6.45) is 1.63. The van der Waals surface area contributed by atoms with E-state index in [4.69, 9.17) is 9.84 Å². The highest BCUT2D eigenvalue weighted by molar-refractivity contribution is 7.99. The van der Waals surface area contributed by atoms with Gasteiger partial charge < -0.3 is 9.84 Å². The molecular formula is C11H13N5O3S. The Balaban J connectivity index is 2.22. The van der Waals surface area contributed by atoms with Crippen molar-refractivity contribution >= 4 is 17.7 Å². The SMILES string of the molecule is CC(C)Oc1cccnc1Sc1nnnn1CC(=O)O. The topological polar surface area (TPSA) is 103 Å². The normalized spacial score (nSPS) is 10.8. The van der Waals surface area contributed by atoms with Gasteiger partial charge in [-0.25, -0.2) is 9.67 Å². The number of tetrazole rings is 1. The monoisotopic (exact) mass is 295 g/mol. The number of nitrogens with zero attached hydrogens (tertiary/aromatic N) is 5. The summed E-state index contributed by atoms with van der Waals surface area (Å²) in [5, 5.41) is 20.6. The Morgan fingerprint density at radius 1 is 1.55 bits per heavy atom. The molecule has 0 spiro atoms. The third-order valence-electron chi connectivity index (χ3n) is 2.07. The molecule has 0 aliphatic heterocycles. The molecule has 0 radical (unpaired) electrons. The smallest absolute Gasteiger partial charge is 0.325 e. The molecule has 2 aromatic heterocycles. The van der Waals surface area contributed by atoms with Crippen LogP contribution in [0.2, 0.25) is 0 Å². The third-order valence-corrected chi connectivity index (χ3v) is 3.05. The standard InChI is InChI=1S/C11H13N5O3S/c1-7(2)19-8-4-3-5-12-10(8)20-11-13-14-15-16(11)6-9(17)18/h3-5,7H,6H2,1-2H3,(H,17,18). The van der Waals surface area contributed by atoms with E-state index in [0.717, 1.165) is 11.8 Å². The largest absolute Gasteiger partial charge is 0.488 e. The highest BCUT2D eigenvalue weighted by Crippen LogP contribution is 2.31. The maximum atomic E-state index is 10.7. The summed E-state index contributed by atoms with van der Waals surface area (Å²) in [6.45, 7) is 3.52. The van der Waals surface area contributed by atoms with E-state index in [1.54, 1.807) is 18.3 Å². The van der Waals surface area contributed by atoms with E-state index in [-0.39, 0.29) is 12.6 Å². The Morgan fingerprint density at radius 3 is 3.05 bits per heavy atom. The minimum atomic E-state index is -1.01. The Labute approximate surface area is 119 Å². The molecular weight excluding hydrogens is 282 g/mol. The molecule has 0 aliphatic rings. The van der Waals surface area contributed by atoms with Crippen molar-refractivity contribution in [3.05, 3.63) is 18.3 Å². The molecule has 106 valence electrons. The fraction of sp³-hybridized carbons (Fsp3) is 0.364. The zero-order chi connectivity index (χ0) is 14.5. The van der Waals surface area contributed by atoms with Gasteiger partial charge in [-0.05, 0) is 48.2 Å². The molecule has 2 heterocycles. The van der Waals surface area contributed by atoms with Gasteiger partial charge >= 0.3 is 5.97 Å². The van der Waals surface area contributed by atoms with Gasteiger partial charge in [-0.1, -0.05) is 0 Å². The molecule has 2 rings (SSSR count). The lowest BCUT2D eigenvalue weighted by Gasteiger charge is -2.12. The number of pyridine rings is 1. The molecule has 0 saturated carbocycles. The molecule has 8 nitrogen and oxygen atoms in total. The predicted molar refractivity (Wildman–Crippen MR) is 69.6 cm³/mol. The molecule has 0 atom stereocenters. The summed E-state index contributed by atoms with van der Waals surface area (Å²) < 4.78 is 6.83. The maximum absolute atomic E-state index is 10.7. The molecule has 0 aliphatic carbocycles. The highest BCUT2D eigenvalue weighted by Gasteiger charge is 2.15. The molecule has 0 bridgehead atoms. The number of aliphatic carboxylic acids is 1. The summed E-state index contributed by atoms with van der Waals surface area (Å²) >= 11 is 1.16. The van der Waals surface area contributed by atoms with E-state index in [0.29, 0.717) is 15.9 Å². The summed E-state index contributed by atoms with van der Waals surface area (Å²) in [6, 6.07) is 3.56. The van der Waals surface area contributed by atoms with Crippen LogP contribution in [0.15, 0.2) is 28.5 Å². The quantitative estimate of drug-likeness (QED) is 0.844. The van der Waals surface area contributed by atoms with Crippen LogP contribution in [-0.2, 0) is 11.3 Å². The first-order valence-electron chi connectivity index (χ1n) is 5.83. The average Bonchev–Trinajstić information content (AvgIpc) is 2.78. The zero-order valence-electron chi connectivity index (χ0n) is 10.9. The van der Waals surface area contributed by atoms with Crippen molar-refractivity contribution in [1.82, 2.24) is 25.2 Å². The van der Waals surface area contributed by atoms with Crippen LogP contribution in [0.3, 0.4) is 0 Å². The van der Waals surface area contributed by atoms with Crippen molar-refractivity contribution in [2.24, 2.45) is 0 Å². The second-order valence-electron chi connectivity index (χ2n) is 4.09. The van der Waals surface area contributed by atoms with Crippen LogP contribution in [0.5, 0.6) is 5.75 Å². The fourth-order valence-electron chi connectivity index (χ4n) is 1.38. The summed E-state index contributed by atoms with van der Waals surface area (Å²) in [5.41, 5.74) is 0. The number of ether oxygens (including phenoxy) is 1. The van der Waals surface area contributed by atoms with E-state index < -0.39 is 5.97 Å². The Morgan fingerprint density at radius 2 is 2.35 bits per heavy atom. The van der Waals surface area contributed by atoms with Crippen molar-refractivity contribution in [2.45, 2.75) is 36.7 Å². The number of hydrogen-bond donors (Lipinski definition) is 1. The fourth-order valence-corrected chi connectivity index (χ4v) is 2.17. The van der Waals surface area contributed by atoms with Crippen molar-refractivity contribution in [3.8, 4) is 5.75 Å². The number of aromatic nitrogens is 5. The molecule has 0 amide bonds. The predicted octanol–water partition coefficient (Wildman–Crippen LogP) is 1.09. The minimum absolute atomic E-state index is 0.00793. The molecule has 0 saturated heterocycles. The Bertz CT molecular complexity index is 601. The lowest BCUT2D eigenvalue weighted by molar-refractivity contribution is -0.138.